The van der Waals surface area contributed by atoms with Crippen molar-refractivity contribution in [1.29, 1.82) is 0 Å². The van der Waals surface area contributed by atoms with Crippen molar-refractivity contribution >= 4 is 45.5 Å². The number of likely N-dealkylation sites (N-methyl/N-ethyl adjacent to an activating group) is 2. The highest BCUT2D eigenvalue weighted by Crippen LogP contribution is 2.22. The lowest BCUT2D eigenvalue weighted by molar-refractivity contribution is -0.135. The van der Waals surface area contributed by atoms with Gasteiger partial charge in [-0.2, -0.15) is 0 Å². The lowest BCUT2D eigenvalue weighted by Crippen LogP contribution is -2.57. The maximum atomic E-state index is 14.2. The van der Waals surface area contributed by atoms with Gasteiger partial charge in [-0.1, -0.05) is 143 Å². The van der Waals surface area contributed by atoms with Crippen molar-refractivity contribution in [2.75, 3.05) is 104 Å². The molecule has 2 fully saturated rings. The average Bonchev–Trinajstić information content (AvgIpc) is 3.32. The van der Waals surface area contributed by atoms with Crippen molar-refractivity contribution in [2.45, 2.75) is 37.8 Å². The number of hydrogen-bond acceptors (Lipinski definition) is 8. The van der Waals surface area contributed by atoms with Crippen molar-refractivity contribution in [3.63, 3.8) is 0 Å². The third-order valence-electron chi connectivity index (χ3n) is 12.0. The van der Waals surface area contributed by atoms with Crippen LogP contribution in [0.15, 0.2) is 121 Å². The number of piperazine rings is 2. The Morgan fingerprint density at radius 3 is 1.11 bits per heavy atom. The van der Waals surface area contributed by atoms with Crippen LogP contribution in [-0.4, -0.2) is 169 Å². The molecule has 342 valence electrons. The summed E-state index contributed by atoms with van der Waals surface area (Å²) in [6.07, 6.45) is 2.21. The van der Waals surface area contributed by atoms with Gasteiger partial charge in [-0.05, 0) is 49.2 Å². The van der Waals surface area contributed by atoms with E-state index in [0.29, 0.717) is 89.5 Å². The van der Waals surface area contributed by atoms with Crippen LogP contribution in [0.4, 0.5) is 9.59 Å². The minimum Gasteiger partial charge on any atom is -0.338 e. The molecule has 0 unspecified atom stereocenters. The largest absolute Gasteiger partial charge is 0.338 e. The molecule has 0 aromatic heterocycles. The Morgan fingerprint density at radius 2 is 0.781 bits per heavy atom. The minimum atomic E-state index is -0.684. The van der Waals surface area contributed by atoms with Crippen molar-refractivity contribution in [3.05, 3.63) is 144 Å². The van der Waals surface area contributed by atoms with Crippen LogP contribution < -0.4 is 10.6 Å². The maximum Gasteiger partial charge on any atom is 0.318 e. The summed E-state index contributed by atoms with van der Waals surface area (Å²) in [5.74, 6) is 1.23. The van der Waals surface area contributed by atoms with E-state index in [2.05, 4.69) is 58.8 Å². The van der Waals surface area contributed by atoms with E-state index >= 15 is 0 Å². The van der Waals surface area contributed by atoms with E-state index in [1.54, 1.807) is 21.6 Å². The van der Waals surface area contributed by atoms with Gasteiger partial charge in [0.2, 0.25) is 11.8 Å². The Labute approximate surface area is 388 Å². The SMILES string of the molecule is CN1CCN(C(=O)[C@H](Cc2ccccc2)NC(=O)N(CCSSCCN(CCc2ccccc2)C(=O)N[C@@H](Cc2ccccc2)C(=O)N2CCN(C)CC2)CCc2ccccc2)CC1. The second-order valence-corrected chi connectivity index (χ2v) is 19.4. The molecule has 2 saturated heterocycles. The first-order valence-corrected chi connectivity index (χ1v) is 25.2. The minimum absolute atomic E-state index is 0.0471. The first-order valence-electron chi connectivity index (χ1n) is 22.7. The van der Waals surface area contributed by atoms with E-state index < -0.39 is 12.1 Å². The van der Waals surface area contributed by atoms with E-state index in [0.717, 1.165) is 48.4 Å². The van der Waals surface area contributed by atoms with Crippen molar-refractivity contribution in [1.82, 2.24) is 40.0 Å². The standard InChI is InChI=1S/C50H66N8O4S2/c1-53-27-31-55(32-28-53)47(59)45(39-43-19-11-5-12-20-43)51-49(61)57(25-23-41-15-7-3-8-16-41)35-37-63-64-38-36-58(26-24-42-17-9-4-10-18-42)50(62)52-46(40-44-21-13-6-14-22-44)48(60)56-33-29-54(2)30-34-56/h3-22,45-46H,23-40H2,1-2H3,(H,51,61)(H,52,62)/t45-,46-/m0/s1. The van der Waals surface area contributed by atoms with E-state index in [1.165, 1.54) is 0 Å². The van der Waals surface area contributed by atoms with E-state index in [9.17, 15) is 19.2 Å². The van der Waals surface area contributed by atoms with Gasteiger partial charge in [0.25, 0.3) is 0 Å². The lowest BCUT2D eigenvalue weighted by atomic mass is 10.0. The molecule has 0 aliphatic carbocycles. The highest BCUT2D eigenvalue weighted by molar-refractivity contribution is 8.76. The van der Waals surface area contributed by atoms with Crippen molar-refractivity contribution in [3.8, 4) is 0 Å². The second kappa shape index (κ2) is 26.1. The summed E-state index contributed by atoms with van der Waals surface area (Å²) in [6, 6.07) is 38.2. The molecular weight excluding hydrogens is 841 g/mol. The fraction of sp³-hybridized carbons (Fsp3) is 0.440. The number of hydrogen-bond donors (Lipinski definition) is 2. The smallest absolute Gasteiger partial charge is 0.318 e. The molecule has 0 bridgehead atoms. The number of carbonyl (C=O) groups excluding carboxylic acids is 4. The van der Waals surface area contributed by atoms with Crippen LogP contribution in [0.3, 0.4) is 0 Å². The van der Waals surface area contributed by atoms with Gasteiger partial charge < -0.3 is 40.0 Å². The zero-order valence-corrected chi connectivity index (χ0v) is 39.2. The Bertz CT molecular complexity index is 1860. The summed E-state index contributed by atoms with van der Waals surface area (Å²) in [6.45, 7) is 7.74. The Kier molecular flexibility index (Phi) is 19.7. The number of nitrogens with one attached hydrogen (secondary N) is 2. The van der Waals surface area contributed by atoms with Crippen LogP contribution in [0.25, 0.3) is 0 Å². The predicted octanol–water partition coefficient (Wildman–Crippen LogP) is 5.65. The van der Waals surface area contributed by atoms with Crippen LogP contribution in [0.5, 0.6) is 0 Å². The number of benzene rings is 4. The van der Waals surface area contributed by atoms with Crippen LogP contribution in [0.2, 0.25) is 0 Å². The molecule has 2 atom stereocenters. The second-order valence-electron chi connectivity index (χ2n) is 16.7. The maximum absolute atomic E-state index is 14.2. The highest BCUT2D eigenvalue weighted by atomic mass is 33.1. The molecule has 2 heterocycles. The molecule has 0 radical (unpaired) electrons. The van der Waals surface area contributed by atoms with Gasteiger partial charge in [0, 0.05) is 103 Å². The third-order valence-corrected chi connectivity index (χ3v) is 14.3. The normalized spacial score (nSPS) is 15.5. The topological polar surface area (TPSA) is 112 Å². The first-order chi connectivity index (χ1) is 31.2. The Balaban J connectivity index is 1.08. The molecule has 2 aliphatic rings. The number of carbonyl (C=O) groups is 4. The molecular formula is C50H66N8O4S2. The highest BCUT2D eigenvalue weighted by Gasteiger charge is 2.31. The summed E-state index contributed by atoms with van der Waals surface area (Å²) in [4.78, 5) is 68.2. The fourth-order valence-electron chi connectivity index (χ4n) is 7.93. The number of rotatable bonds is 21. The summed E-state index contributed by atoms with van der Waals surface area (Å²) in [7, 11) is 7.47. The molecule has 14 heteroatoms. The van der Waals surface area contributed by atoms with E-state index in [-0.39, 0.29) is 23.9 Å². The van der Waals surface area contributed by atoms with Gasteiger partial charge >= 0.3 is 12.1 Å². The molecule has 0 saturated carbocycles. The summed E-state index contributed by atoms with van der Waals surface area (Å²) in [5.41, 5.74) is 4.28. The van der Waals surface area contributed by atoms with E-state index in [1.807, 2.05) is 117 Å². The van der Waals surface area contributed by atoms with Gasteiger partial charge in [0.15, 0.2) is 0 Å². The molecule has 64 heavy (non-hydrogen) atoms. The number of amides is 6. The summed E-state index contributed by atoms with van der Waals surface area (Å²) >= 11 is 0. The molecule has 4 aromatic rings. The van der Waals surface area contributed by atoms with E-state index in [4.69, 9.17) is 0 Å². The zero-order valence-electron chi connectivity index (χ0n) is 37.6. The van der Waals surface area contributed by atoms with Gasteiger partial charge in [0.05, 0.1) is 0 Å². The Hall–Kier alpha value is -5.02. The lowest BCUT2D eigenvalue weighted by Gasteiger charge is -2.35. The molecule has 6 amide bonds. The van der Waals surface area contributed by atoms with Crippen LogP contribution >= 0.6 is 21.6 Å². The molecule has 2 aliphatic heterocycles. The molecule has 0 spiro atoms. The van der Waals surface area contributed by atoms with Crippen LogP contribution in [-0.2, 0) is 35.3 Å². The average molecular weight is 907 g/mol. The quantitative estimate of drug-likeness (QED) is 0.0817. The predicted molar refractivity (Wildman–Crippen MR) is 261 cm³/mol. The fourth-order valence-corrected chi connectivity index (χ4v) is 9.91. The molecule has 2 N–H and O–H groups in total. The third kappa shape index (κ3) is 15.9. The molecule has 6 rings (SSSR count). The molecule has 4 aromatic carbocycles. The van der Waals surface area contributed by atoms with Crippen molar-refractivity contribution < 1.29 is 19.2 Å². The van der Waals surface area contributed by atoms with Crippen LogP contribution in [0, 0.1) is 0 Å². The Morgan fingerprint density at radius 1 is 0.469 bits per heavy atom. The number of urea groups is 2. The van der Waals surface area contributed by atoms with Gasteiger partial charge in [0.1, 0.15) is 12.1 Å². The zero-order chi connectivity index (χ0) is 44.9. The summed E-state index contributed by atoms with van der Waals surface area (Å²) in [5, 5.41) is 6.33. The van der Waals surface area contributed by atoms with Gasteiger partial charge in [-0.15, -0.1) is 0 Å². The van der Waals surface area contributed by atoms with Gasteiger partial charge in [-0.3, -0.25) is 9.59 Å². The number of nitrogens with zero attached hydrogens (tertiary/aromatic N) is 6. The van der Waals surface area contributed by atoms with Crippen molar-refractivity contribution in [2.24, 2.45) is 0 Å². The van der Waals surface area contributed by atoms with Crippen LogP contribution in [0.1, 0.15) is 22.3 Å². The summed E-state index contributed by atoms with van der Waals surface area (Å²) < 4.78 is 0. The van der Waals surface area contributed by atoms with Gasteiger partial charge in [-0.25, -0.2) is 9.59 Å². The monoisotopic (exact) mass is 906 g/mol. The first kappa shape index (κ1) is 48.4. The molecule has 12 nitrogen and oxygen atoms in total.